The molecule has 0 unspecified atom stereocenters. The van der Waals surface area contributed by atoms with Crippen molar-refractivity contribution in [1.82, 2.24) is 15.0 Å². The van der Waals surface area contributed by atoms with Crippen LogP contribution in [0.2, 0.25) is 0 Å². The second-order valence-corrected chi connectivity index (χ2v) is 6.55. The molecule has 128 valence electrons. The number of fused-ring (bicyclic) bond motifs is 1. The first-order valence-electron chi connectivity index (χ1n) is 8.19. The third-order valence-electron chi connectivity index (χ3n) is 4.20. The van der Waals surface area contributed by atoms with E-state index in [2.05, 4.69) is 35.3 Å². The van der Waals surface area contributed by atoms with Crippen molar-refractivity contribution in [3.05, 3.63) is 67.0 Å². The summed E-state index contributed by atoms with van der Waals surface area (Å²) in [5.74, 6) is 1.55. The molecule has 0 aliphatic heterocycles. The number of rotatable bonds is 4. The van der Waals surface area contributed by atoms with Crippen LogP contribution in [0.15, 0.2) is 72.0 Å². The molecule has 0 spiro atoms. The van der Waals surface area contributed by atoms with Gasteiger partial charge in [-0.2, -0.15) is 0 Å². The lowest BCUT2D eigenvalue weighted by Gasteiger charge is -2.09. The van der Waals surface area contributed by atoms with Gasteiger partial charge in [0.1, 0.15) is 10.8 Å². The molecule has 0 aliphatic rings. The molecule has 0 amide bonds. The Balaban J connectivity index is 1.82. The Morgan fingerprint density at radius 3 is 2.38 bits per heavy atom. The quantitative estimate of drug-likeness (QED) is 0.375. The van der Waals surface area contributed by atoms with E-state index in [9.17, 15) is 0 Å². The number of nitrogens with zero attached hydrogens (tertiary/aromatic N) is 3. The van der Waals surface area contributed by atoms with Crippen LogP contribution in [0.3, 0.4) is 0 Å². The predicted molar refractivity (Wildman–Crippen MR) is 107 cm³/mol. The minimum absolute atomic E-state index is 0.701. The minimum atomic E-state index is 0.701. The van der Waals surface area contributed by atoms with E-state index in [-0.39, 0.29) is 0 Å². The van der Waals surface area contributed by atoms with Gasteiger partial charge in [-0.25, -0.2) is 9.97 Å². The molecule has 0 aliphatic carbocycles. The van der Waals surface area contributed by atoms with E-state index in [0.717, 1.165) is 38.4 Å². The Bertz CT molecular complexity index is 1050. The summed E-state index contributed by atoms with van der Waals surface area (Å²) < 4.78 is 5.24. The van der Waals surface area contributed by atoms with E-state index < -0.39 is 0 Å². The van der Waals surface area contributed by atoms with Crippen molar-refractivity contribution < 1.29 is 4.74 Å². The van der Waals surface area contributed by atoms with E-state index in [0.29, 0.717) is 5.82 Å². The number of thioether (sulfide) groups is 1. The Hall–Kier alpha value is -2.92. The van der Waals surface area contributed by atoms with Gasteiger partial charge in [-0.15, -0.1) is 11.8 Å². The van der Waals surface area contributed by atoms with Gasteiger partial charge in [-0.3, -0.25) is 4.98 Å². The molecule has 26 heavy (non-hydrogen) atoms. The number of methoxy groups -OCH3 is 1. The zero-order valence-corrected chi connectivity index (χ0v) is 15.3. The fourth-order valence-corrected chi connectivity index (χ4v) is 3.40. The van der Waals surface area contributed by atoms with Crippen LogP contribution < -0.4 is 4.74 Å². The van der Waals surface area contributed by atoms with Gasteiger partial charge in [0.2, 0.25) is 0 Å². The SMILES string of the molecule is COc1ccc(-c2ccc3nc(-c4cccnc4)nc(SC)c3c2)cc1. The van der Waals surface area contributed by atoms with Gasteiger partial charge in [-0.1, -0.05) is 18.2 Å². The van der Waals surface area contributed by atoms with Gasteiger partial charge in [-0.05, 0) is 53.8 Å². The van der Waals surface area contributed by atoms with Gasteiger partial charge in [0.15, 0.2) is 5.82 Å². The lowest BCUT2D eigenvalue weighted by atomic mass is 10.0. The smallest absolute Gasteiger partial charge is 0.162 e. The highest BCUT2D eigenvalue weighted by Crippen LogP contribution is 2.31. The molecule has 2 aromatic heterocycles. The van der Waals surface area contributed by atoms with Gasteiger partial charge >= 0.3 is 0 Å². The zero-order chi connectivity index (χ0) is 17.9. The number of hydrogen-bond donors (Lipinski definition) is 0. The molecule has 4 aromatic rings. The lowest BCUT2D eigenvalue weighted by Crippen LogP contribution is -1.94. The molecule has 5 heteroatoms. The van der Waals surface area contributed by atoms with E-state index in [1.807, 2.05) is 30.5 Å². The fraction of sp³-hybridized carbons (Fsp3) is 0.0952. The average molecular weight is 359 g/mol. The molecule has 0 saturated heterocycles. The van der Waals surface area contributed by atoms with Gasteiger partial charge in [0, 0.05) is 23.3 Å². The van der Waals surface area contributed by atoms with Crippen LogP contribution >= 0.6 is 11.8 Å². The van der Waals surface area contributed by atoms with Crippen molar-refractivity contribution in [1.29, 1.82) is 0 Å². The molecular weight excluding hydrogens is 342 g/mol. The number of benzene rings is 2. The summed E-state index contributed by atoms with van der Waals surface area (Å²) in [6.45, 7) is 0. The molecule has 0 bridgehead atoms. The van der Waals surface area contributed by atoms with Crippen LogP contribution in [0.5, 0.6) is 5.75 Å². The van der Waals surface area contributed by atoms with Gasteiger partial charge in [0.05, 0.1) is 12.6 Å². The Morgan fingerprint density at radius 2 is 1.69 bits per heavy atom. The summed E-state index contributed by atoms with van der Waals surface area (Å²) in [5.41, 5.74) is 4.12. The molecule has 2 heterocycles. The van der Waals surface area contributed by atoms with Crippen molar-refractivity contribution in [3.8, 4) is 28.3 Å². The monoisotopic (exact) mass is 359 g/mol. The maximum absolute atomic E-state index is 5.24. The Morgan fingerprint density at radius 1 is 0.885 bits per heavy atom. The van der Waals surface area contributed by atoms with Crippen LogP contribution in [0.1, 0.15) is 0 Å². The normalized spacial score (nSPS) is 10.8. The predicted octanol–water partition coefficient (Wildman–Crippen LogP) is 5.09. The number of hydrogen-bond acceptors (Lipinski definition) is 5. The van der Waals surface area contributed by atoms with E-state index in [1.54, 1.807) is 31.3 Å². The molecule has 2 aromatic carbocycles. The van der Waals surface area contributed by atoms with Gasteiger partial charge < -0.3 is 4.74 Å². The standard InChI is InChI=1S/C21H17N3OS/c1-25-17-8-5-14(6-9-17)15-7-10-19-18(12-15)21(26-2)24-20(23-19)16-4-3-11-22-13-16/h3-13H,1-2H3. The highest BCUT2D eigenvalue weighted by Gasteiger charge is 2.10. The summed E-state index contributed by atoms with van der Waals surface area (Å²) in [4.78, 5) is 13.6. The second kappa shape index (κ2) is 7.14. The zero-order valence-electron chi connectivity index (χ0n) is 14.5. The van der Waals surface area contributed by atoms with Crippen molar-refractivity contribution in [2.24, 2.45) is 0 Å². The van der Waals surface area contributed by atoms with Crippen LogP contribution in [0.4, 0.5) is 0 Å². The summed E-state index contributed by atoms with van der Waals surface area (Å²) in [5, 5.41) is 2.02. The molecule has 0 radical (unpaired) electrons. The summed E-state index contributed by atoms with van der Waals surface area (Å²) in [7, 11) is 1.67. The maximum Gasteiger partial charge on any atom is 0.162 e. The van der Waals surface area contributed by atoms with Crippen molar-refractivity contribution in [3.63, 3.8) is 0 Å². The molecular formula is C21H17N3OS. The highest BCUT2D eigenvalue weighted by molar-refractivity contribution is 7.98. The largest absolute Gasteiger partial charge is 0.497 e. The molecule has 0 saturated carbocycles. The molecule has 4 rings (SSSR count). The third-order valence-corrected chi connectivity index (χ3v) is 4.90. The first-order valence-corrected chi connectivity index (χ1v) is 9.41. The number of pyridine rings is 1. The first kappa shape index (κ1) is 16.5. The van der Waals surface area contributed by atoms with E-state index in [4.69, 9.17) is 14.7 Å². The van der Waals surface area contributed by atoms with Crippen LogP contribution in [-0.4, -0.2) is 28.3 Å². The lowest BCUT2D eigenvalue weighted by molar-refractivity contribution is 0.415. The van der Waals surface area contributed by atoms with Crippen molar-refractivity contribution in [2.75, 3.05) is 13.4 Å². The van der Waals surface area contributed by atoms with E-state index >= 15 is 0 Å². The highest BCUT2D eigenvalue weighted by atomic mass is 32.2. The maximum atomic E-state index is 5.24. The Kier molecular flexibility index (Phi) is 4.54. The van der Waals surface area contributed by atoms with Crippen LogP contribution in [-0.2, 0) is 0 Å². The Labute approximate surface area is 156 Å². The van der Waals surface area contributed by atoms with E-state index in [1.165, 1.54) is 0 Å². The van der Waals surface area contributed by atoms with Crippen LogP contribution in [0, 0.1) is 0 Å². The molecule has 0 atom stereocenters. The summed E-state index contributed by atoms with van der Waals surface area (Å²) >= 11 is 1.63. The number of ether oxygens (including phenoxy) is 1. The third kappa shape index (κ3) is 3.13. The van der Waals surface area contributed by atoms with Crippen molar-refractivity contribution >= 4 is 22.7 Å². The molecule has 4 nitrogen and oxygen atoms in total. The van der Waals surface area contributed by atoms with Crippen molar-refractivity contribution in [2.45, 2.75) is 5.03 Å². The molecule has 0 fully saturated rings. The fourth-order valence-electron chi connectivity index (χ4n) is 2.84. The van der Waals surface area contributed by atoms with Gasteiger partial charge in [0.25, 0.3) is 0 Å². The second-order valence-electron chi connectivity index (χ2n) is 5.76. The topological polar surface area (TPSA) is 47.9 Å². The minimum Gasteiger partial charge on any atom is -0.497 e. The summed E-state index contributed by atoms with van der Waals surface area (Å²) in [6.07, 6.45) is 5.58. The number of aromatic nitrogens is 3. The first-order chi connectivity index (χ1) is 12.8. The van der Waals surface area contributed by atoms with Crippen LogP contribution in [0.25, 0.3) is 33.4 Å². The molecule has 0 N–H and O–H groups in total. The summed E-state index contributed by atoms with van der Waals surface area (Å²) in [6, 6.07) is 18.2. The average Bonchev–Trinajstić information content (AvgIpc) is 2.73.